The second kappa shape index (κ2) is 2.32. The molecule has 1 saturated heterocycles. The molecule has 1 aliphatic rings. The predicted octanol–water partition coefficient (Wildman–Crippen LogP) is -0.878. The van der Waals surface area contributed by atoms with Crippen LogP contribution in [0, 0.1) is 0 Å². The van der Waals surface area contributed by atoms with Crippen molar-refractivity contribution in [3.8, 4) is 0 Å². The van der Waals surface area contributed by atoms with Gasteiger partial charge >= 0.3 is 10.4 Å². The van der Waals surface area contributed by atoms with Gasteiger partial charge in [0.15, 0.2) is 0 Å². The molecule has 0 spiro atoms. The molecule has 0 aliphatic carbocycles. The van der Waals surface area contributed by atoms with E-state index in [2.05, 4.69) is 13.7 Å². The molecule has 7 heavy (non-hydrogen) atoms. The normalized spacial score (nSPS) is 24.6. The summed E-state index contributed by atoms with van der Waals surface area (Å²) in [5.41, 5.74) is 0. The van der Waals surface area contributed by atoms with E-state index in [1.165, 1.54) is 0 Å². The van der Waals surface area contributed by atoms with Gasteiger partial charge in [0.05, 0.1) is 0 Å². The molecule has 40 valence electrons. The van der Waals surface area contributed by atoms with Gasteiger partial charge in [-0.15, -0.1) is 0 Å². The standard InChI is InChI=1S/O5S.Zr/c1-6(2)4-3-5-6;. The van der Waals surface area contributed by atoms with Crippen molar-refractivity contribution >= 4 is 10.4 Å². The van der Waals surface area contributed by atoms with E-state index in [0.29, 0.717) is 0 Å². The molecule has 0 aromatic rings. The van der Waals surface area contributed by atoms with Crippen molar-refractivity contribution in [2.24, 2.45) is 0 Å². The zero-order valence-electron chi connectivity index (χ0n) is 2.95. The molecule has 0 N–H and O–H groups in total. The maximum absolute atomic E-state index is 9.52. The van der Waals surface area contributed by atoms with Gasteiger partial charge in [0.25, 0.3) is 0 Å². The summed E-state index contributed by atoms with van der Waals surface area (Å²) in [6, 6.07) is 0. The zero-order chi connectivity index (χ0) is 4.62. The first-order chi connectivity index (χ1) is 2.71. The van der Waals surface area contributed by atoms with Crippen molar-refractivity contribution in [2.45, 2.75) is 0 Å². The van der Waals surface area contributed by atoms with Crippen LogP contribution in [0.5, 0.6) is 0 Å². The van der Waals surface area contributed by atoms with Crippen molar-refractivity contribution < 1.29 is 48.3 Å². The van der Waals surface area contributed by atoms with E-state index >= 15 is 0 Å². The molecule has 1 fully saturated rings. The van der Waals surface area contributed by atoms with Crippen LogP contribution >= 0.6 is 0 Å². The third kappa shape index (κ3) is 1.96. The van der Waals surface area contributed by atoms with Crippen LogP contribution in [0.2, 0.25) is 0 Å². The van der Waals surface area contributed by atoms with Crippen molar-refractivity contribution in [1.82, 2.24) is 0 Å². The summed E-state index contributed by atoms with van der Waals surface area (Å²) in [7, 11) is -3.70. The molecule has 1 rings (SSSR count). The van der Waals surface area contributed by atoms with Gasteiger partial charge in [-0.25, -0.2) is 0 Å². The van der Waals surface area contributed by atoms with E-state index in [1.54, 1.807) is 0 Å². The van der Waals surface area contributed by atoms with Gasteiger partial charge in [0.1, 0.15) is 0 Å². The Bertz CT molecular complexity index is 122. The molecule has 0 aromatic heterocycles. The molecule has 0 amide bonds. The Kier molecular flexibility index (Phi) is 2.56. The third-order valence-electron chi connectivity index (χ3n) is 0.222. The summed E-state index contributed by atoms with van der Waals surface area (Å²) >= 11 is 0. The van der Waals surface area contributed by atoms with Crippen molar-refractivity contribution in [2.75, 3.05) is 0 Å². The summed E-state index contributed by atoms with van der Waals surface area (Å²) in [6.45, 7) is 0. The van der Waals surface area contributed by atoms with E-state index in [9.17, 15) is 8.42 Å². The number of rotatable bonds is 0. The Labute approximate surface area is 58.9 Å². The molecule has 1 aliphatic heterocycles. The monoisotopic (exact) mass is 202 g/mol. The Morgan fingerprint density at radius 2 is 1.43 bits per heavy atom. The van der Waals surface area contributed by atoms with Crippen LogP contribution in [0.15, 0.2) is 0 Å². The molecular formula is O5SZr. The van der Waals surface area contributed by atoms with Gasteiger partial charge in [0, 0.05) is 26.2 Å². The Morgan fingerprint density at radius 3 is 1.43 bits per heavy atom. The first-order valence-corrected chi connectivity index (χ1v) is 2.33. The van der Waals surface area contributed by atoms with Crippen LogP contribution in [-0.2, 0) is 50.3 Å². The van der Waals surface area contributed by atoms with E-state index in [-0.39, 0.29) is 26.2 Å². The molecule has 5 nitrogen and oxygen atoms in total. The molecule has 0 aromatic carbocycles. The minimum atomic E-state index is -3.70. The Balaban J connectivity index is 0.000000360. The van der Waals surface area contributed by atoms with Gasteiger partial charge < -0.3 is 0 Å². The third-order valence-corrected chi connectivity index (χ3v) is 0.667. The fraction of sp³-hybridized carbons (Fsp3) is 0. The SMILES string of the molecule is O=S1(=O)OOO1.[Zr]. The average Bonchev–Trinajstić information content (AvgIpc) is 1.32. The summed E-state index contributed by atoms with van der Waals surface area (Å²) in [5.74, 6) is 0. The van der Waals surface area contributed by atoms with Gasteiger partial charge in [-0.05, 0) is 13.7 Å². The van der Waals surface area contributed by atoms with Crippen LogP contribution in [0.25, 0.3) is 0 Å². The Hall–Kier alpha value is 0.713. The van der Waals surface area contributed by atoms with Gasteiger partial charge in [0.2, 0.25) is 0 Å². The molecule has 7 heteroatoms. The first kappa shape index (κ1) is 7.71. The van der Waals surface area contributed by atoms with E-state index in [1.807, 2.05) is 0 Å². The van der Waals surface area contributed by atoms with Crippen molar-refractivity contribution in [3.05, 3.63) is 0 Å². The molecule has 0 bridgehead atoms. The maximum Gasteiger partial charge on any atom is 0.457 e. The van der Waals surface area contributed by atoms with Crippen LogP contribution < -0.4 is 0 Å². The zero-order valence-corrected chi connectivity index (χ0v) is 6.22. The van der Waals surface area contributed by atoms with E-state index in [4.69, 9.17) is 0 Å². The quantitative estimate of drug-likeness (QED) is 0.479. The summed E-state index contributed by atoms with van der Waals surface area (Å²) in [6.07, 6.45) is 0. The second-order valence-corrected chi connectivity index (χ2v) is 1.70. The van der Waals surface area contributed by atoms with Crippen LogP contribution in [-0.4, -0.2) is 8.42 Å². The van der Waals surface area contributed by atoms with Crippen LogP contribution in [0.1, 0.15) is 0 Å². The molecular weight excluding hydrogens is 203 g/mol. The second-order valence-electron chi connectivity index (χ2n) is 0.612. The number of hydrogen-bond donors (Lipinski definition) is 0. The van der Waals surface area contributed by atoms with Gasteiger partial charge in [-0.3, -0.25) is 0 Å². The predicted molar refractivity (Wildman–Crippen MR) is 12.2 cm³/mol. The first-order valence-electron chi connectivity index (χ1n) is 1.00. The molecule has 0 saturated carbocycles. The summed E-state index contributed by atoms with van der Waals surface area (Å²) < 4.78 is 25.8. The minimum absolute atomic E-state index is 0. The number of hydrogen-bond acceptors (Lipinski definition) is 5. The fourth-order valence-electron chi connectivity index (χ4n) is 0.0731. The average molecular weight is 203 g/mol. The molecule has 0 unspecified atom stereocenters. The van der Waals surface area contributed by atoms with Crippen LogP contribution in [0.3, 0.4) is 0 Å². The summed E-state index contributed by atoms with van der Waals surface area (Å²) in [5, 5.41) is 3.35. The smallest absolute Gasteiger partial charge is 0.164 e. The van der Waals surface area contributed by atoms with Gasteiger partial charge in [-0.2, -0.15) is 8.42 Å². The Morgan fingerprint density at radius 1 is 1.14 bits per heavy atom. The maximum atomic E-state index is 9.52. The molecule has 1 heterocycles. The topological polar surface area (TPSA) is 61.8 Å². The molecule has 0 radical (unpaired) electrons. The van der Waals surface area contributed by atoms with Crippen LogP contribution in [0.4, 0.5) is 0 Å². The fourth-order valence-corrected chi connectivity index (χ4v) is 0.219. The van der Waals surface area contributed by atoms with Crippen molar-refractivity contribution in [1.29, 1.82) is 0 Å². The molecule has 0 atom stereocenters. The van der Waals surface area contributed by atoms with E-state index < -0.39 is 10.4 Å². The van der Waals surface area contributed by atoms with Crippen molar-refractivity contribution in [3.63, 3.8) is 0 Å². The van der Waals surface area contributed by atoms with Gasteiger partial charge in [-0.1, -0.05) is 0 Å². The summed E-state index contributed by atoms with van der Waals surface area (Å²) in [4.78, 5) is 0. The largest absolute Gasteiger partial charge is 0.457 e. The minimum Gasteiger partial charge on any atom is -0.164 e. The van der Waals surface area contributed by atoms with E-state index in [0.717, 1.165) is 0 Å².